The molecule has 13 nitrogen and oxygen atoms in total. The normalized spacial score (nSPS) is 13.5. The van der Waals surface area contributed by atoms with Gasteiger partial charge in [0, 0.05) is 68.0 Å². The highest BCUT2D eigenvalue weighted by molar-refractivity contribution is 6.33. The number of ether oxygens (including phenoxy) is 1. The maximum absolute atomic E-state index is 14.6. The van der Waals surface area contributed by atoms with E-state index in [0.717, 1.165) is 11.3 Å². The van der Waals surface area contributed by atoms with E-state index in [9.17, 15) is 14.0 Å². The molecular formula is C30H34ClFN8O5. The molecule has 45 heavy (non-hydrogen) atoms. The monoisotopic (exact) mass is 640 g/mol. The Morgan fingerprint density at radius 1 is 1.18 bits per heavy atom. The third kappa shape index (κ3) is 7.41. The Balaban J connectivity index is 0.00000148. The lowest BCUT2D eigenvalue weighted by Gasteiger charge is -2.35. The number of amides is 3. The molecule has 4 aromatic rings. The number of urea groups is 1. The average Bonchev–Trinajstić information content (AvgIpc) is 3.46. The van der Waals surface area contributed by atoms with Crippen molar-refractivity contribution in [2.24, 2.45) is 5.73 Å². The number of hydrogen-bond donors (Lipinski definition) is 4. The van der Waals surface area contributed by atoms with E-state index >= 15 is 0 Å². The Morgan fingerprint density at radius 3 is 2.51 bits per heavy atom. The molecule has 1 aliphatic rings. The first kappa shape index (κ1) is 33.0. The van der Waals surface area contributed by atoms with Crippen LogP contribution < -0.4 is 21.1 Å². The number of methoxy groups -OCH3 is 1. The molecule has 0 radical (unpaired) electrons. The number of carboxylic acid groups (broad SMARTS) is 1. The van der Waals surface area contributed by atoms with E-state index < -0.39 is 5.82 Å². The molecule has 0 bridgehead atoms. The second-order valence-corrected chi connectivity index (χ2v) is 10.6. The fourth-order valence-corrected chi connectivity index (χ4v) is 5.11. The highest BCUT2D eigenvalue weighted by Crippen LogP contribution is 2.35. The number of nitrogens with one attached hydrogen (secondary N) is 2. The van der Waals surface area contributed by atoms with Gasteiger partial charge in [-0.15, -0.1) is 0 Å². The van der Waals surface area contributed by atoms with Crippen LogP contribution in [-0.4, -0.2) is 93.6 Å². The molecule has 1 saturated heterocycles. The zero-order chi connectivity index (χ0) is 32.7. The van der Waals surface area contributed by atoms with Gasteiger partial charge in [0.15, 0.2) is 23.0 Å². The molecule has 0 saturated carbocycles. The van der Waals surface area contributed by atoms with Crippen molar-refractivity contribution in [2.75, 3.05) is 45.2 Å². The van der Waals surface area contributed by atoms with Gasteiger partial charge in [-0.2, -0.15) is 0 Å². The van der Waals surface area contributed by atoms with Crippen LogP contribution in [0.2, 0.25) is 5.02 Å². The highest BCUT2D eigenvalue weighted by atomic mass is 35.5. The molecule has 3 amide bonds. The minimum Gasteiger partial charge on any atom is -0.494 e. The molecule has 2 aromatic carbocycles. The molecule has 0 aliphatic carbocycles. The Kier molecular flexibility index (Phi) is 10.8. The Morgan fingerprint density at radius 2 is 1.87 bits per heavy atom. The molecule has 3 heterocycles. The van der Waals surface area contributed by atoms with E-state index in [-0.39, 0.29) is 35.2 Å². The average molecular weight is 641 g/mol. The zero-order valence-electron chi connectivity index (χ0n) is 25.0. The lowest BCUT2D eigenvalue weighted by Crippen LogP contribution is -2.54. The third-order valence-electron chi connectivity index (χ3n) is 7.12. The number of carbonyl (C=O) groups excluding carboxylic acids is 2. The number of nitrogens with zero attached hydrogens (tertiary/aromatic N) is 5. The standard InChI is InChI=1S/C29H32ClFN8O3.CH2O2/c1-17-14-19(4-5-20(17)28(40)37-10-12-38(13-11-37)29(41)35-15-18(2)32)36-26-27-34-16-22(39(27)9-8-33-26)21-6-7-23(42-3)25(31)24(21)30;2-1-3/h4-9,14,16,18H,10-13,15,32H2,1-3H3,(H,33,36)(H,35,41);1H,(H,2,3)/t18-;/m0./s1. The van der Waals surface area contributed by atoms with Crippen LogP contribution in [0.4, 0.5) is 20.7 Å². The number of aromatic nitrogens is 3. The van der Waals surface area contributed by atoms with Crippen molar-refractivity contribution < 1.29 is 28.6 Å². The summed E-state index contributed by atoms with van der Waals surface area (Å²) < 4.78 is 21.4. The zero-order valence-corrected chi connectivity index (χ0v) is 25.7. The smallest absolute Gasteiger partial charge is 0.317 e. The Bertz CT molecular complexity index is 1690. The molecule has 1 atom stereocenters. The summed E-state index contributed by atoms with van der Waals surface area (Å²) >= 11 is 6.31. The van der Waals surface area contributed by atoms with E-state index in [1.807, 2.05) is 26.0 Å². The van der Waals surface area contributed by atoms with Crippen LogP contribution in [0.15, 0.2) is 48.9 Å². The first-order chi connectivity index (χ1) is 21.6. The number of piperazine rings is 1. The van der Waals surface area contributed by atoms with E-state index in [1.165, 1.54) is 13.2 Å². The van der Waals surface area contributed by atoms with Crippen molar-refractivity contribution in [3.8, 4) is 17.0 Å². The quantitative estimate of drug-likeness (QED) is 0.220. The van der Waals surface area contributed by atoms with Crippen LogP contribution in [0, 0.1) is 12.7 Å². The van der Waals surface area contributed by atoms with Gasteiger partial charge in [-0.3, -0.25) is 14.0 Å². The fourth-order valence-electron chi connectivity index (χ4n) is 4.86. The summed E-state index contributed by atoms with van der Waals surface area (Å²) in [5.41, 5.74) is 9.37. The molecule has 1 aliphatic heterocycles. The molecule has 15 heteroatoms. The number of halogens is 2. The number of hydrogen-bond acceptors (Lipinski definition) is 8. The minimum atomic E-state index is -0.645. The van der Waals surface area contributed by atoms with Crippen LogP contribution in [0.25, 0.3) is 16.9 Å². The summed E-state index contributed by atoms with van der Waals surface area (Å²) in [6.07, 6.45) is 4.93. The molecule has 1 fully saturated rings. The number of benzene rings is 2. The molecule has 5 rings (SSSR count). The number of fused-ring (bicyclic) bond motifs is 1. The third-order valence-corrected chi connectivity index (χ3v) is 7.49. The number of rotatable bonds is 7. The minimum absolute atomic E-state index is 0.0570. The van der Waals surface area contributed by atoms with Crippen LogP contribution in [0.3, 0.4) is 0 Å². The van der Waals surface area contributed by atoms with Gasteiger partial charge in [0.2, 0.25) is 0 Å². The number of carbonyl (C=O) groups is 3. The number of anilines is 2. The van der Waals surface area contributed by atoms with Crippen LogP contribution in [0.5, 0.6) is 5.75 Å². The fraction of sp³-hybridized carbons (Fsp3) is 0.300. The van der Waals surface area contributed by atoms with Crippen molar-refractivity contribution in [1.82, 2.24) is 29.5 Å². The van der Waals surface area contributed by atoms with E-state index in [1.54, 1.807) is 44.9 Å². The Hall–Kier alpha value is -4.95. The van der Waals surface area contributed by atoms with Gasteiger partial charge in [0.1, 0.15) is 0 Å². The first-order valence-electron chi connectivity index (χ1n) is 14.0. The number of imidazole rings is 1. The summed E-state index contributed by atoms with van der Waals surface area (Å²) in [7, 11) is 1.38. The summed E-state index contributed by atoms with van der Waals surface area (Å²) in [4.78, 5) is 46.3. The SMILES string of the molecule is COc1ccc(-c2cnc3c(Nc4ccc(C(=O)N5CCN(C(=O)NC[C@H](C)N)CC5)c(C)c4)nccn23)c(Cl)c1F.O=CO. The number of nitrogens with two attached hydrogens (primary N) is 1. The summed E-state index contributed by atoms with van der Waals surface area (Å²) in [5.74, 6) is -0.197. The maximum atomic E-state index is 14.6. The van der Waals surface area contributed by atoms with E-state index in [4.69, 9.17) is 32.0 Å². The largest absolute Gasteiger partial charge is 0.494 e. The van der Waals surface area contributed by atoms with Gasteiger partial charge in [0.05, 0.1) is 24.0 Å². The molecule has 2 aromatic heterocycles. The molecule has 238 valence electrons. The van der Waals surface area contributed by atoms with Gasteiger partial charge in [-0.1, -0.05) is 11.6 Å². The van der Waals surface area contributed by atoms with Crippen molar-refractivity contribution in [3.05, 3.63) is 70.9 Å². The maximum Gasteiger partial charge on any atom is 0.317 e. The van der Waals surface area contributed by atoms with Crippen molar-refractivity contribution >= 4 is 47.2 Å². The van der Waals surface area contributed by atoms with Crippen molar-refractivity contribution in [1.29, 1.82) is 0 Å². The lowest BCUT2D eigenvalue weighted by molar-refractivity contribution is -0.122. The van der Waals surface area contributed by atoms with Crippen LogP contribution in [0.1, 0.15) is 22.8 Å². The second-order valence-electron chi connectivity index (χ2n) is 10.3. The topological polar surface area (TPSA) is 167 Å². The van der Waals surface area contributed by atoms with E-state index in [2.05, 4.69) is 20.6 Å². The molecular weight excluding hydrogens is 607 g/mol. The predicted octanol–water partition coefficient (Wildman–Crippen LogP) is 3.76. The summed E-state index contributed by atoms with van der Waals surface area (Å²) in [6.45, 7) is 5.64. The Labute approximate surface area is 263 Å². The summed E-state index contributed by atoms with van der Waals surface area (Å²) in [6, 6.07) is 8.36. The first-order valence-corrected chi connectivity index (χ1v) is 14.3. The van der Waals surface area contributed by atoms with Crippen molar-refractivity contribution in [3.63, 3.8) is 0 Å². The number of aryl methyl sites for hydroxylation is 1. The highest BCUT2D eigenvalue weighted by Gasteiger charge is 2.26. The molecule has 5 N–H and O–H groups in total. The van der Waals surface area contributed by atoms with Crippen LogP contribution in [-0.2, 0) is 4.79 Å². The van der Waals surface area contributed by atoms with Gasteiger partial charge in [-0.05, 0) is 49.7 Å². The molecule has 0 spiro atoms. The van der Waals surface area contributed by atoms with Gasteiger partial charge < -0.3 is 36.0 Å². The predicted molar refractivity (Wildman–Crippen MR) is 168 cm³/mol. The van der Waals surface area contributed by atoms with Gasteiger partial charge in [0.25, 0.3) is 12.4 Å². The van der Waals surface area contributed by atoms with Gasteiger partial charge in [-0.25, -0.2) is 19.2 Å². The lowest BCUT2D eigenvalue weighted by atomic mass is 10.1. The van der Waals surface area contributed by atoms with E-state index in [0.29, 0.717) is 61.0 Å². The molecule has 0 unspecified atom stereocenters. The summed E-state index contributed by atoms with van der Waals surface area (Å²) in [5, 5.41) is 12.9. The van der Waals surface area contributed by atoms with Crippen LogP contribution >= 0.6 is 11.6 Å². The van der Waals surface area contributed by atoms with Crippen molar-refractivity contribution in [2.45, 2.75) is 19.9 Å². The second kappa shape index (κ2) is 14.7. The van der Waals surface area contributed by atoms with Gasteiger partial charge >= 0.3 is 6.03 Å².